The Hall–Kier alpha value is -2.24. The Kier molecular flexibility index (Phi) is 3.89. The third-order valence-corrected chi connectivity index (χ3v) is 2.53. The molecular weight excluding hydrogens is 254 g/mol. The Bertz CT molecular complexity index is 568. The SMILES string of the molecule is Cc1nn(-c2ccccc2)c(OCC(F)F)c1C=O. The van der Waals surface area contributed by atoms with Gasteiger partial charge < -0.3 is 4.74 Å². The lowest BCUT2D eigenvalue weighted by Gasteiger charge is -2.09. The van der Waals surface area contributed by atoms with Crippen LogP contribution in [0.2, 0.25) is 0 Å². The average Bonchev–Trinajstić information content (AvgIpc) is 2.73. The average molecular weight is 266 g/mol. The summed E-state index contributed by atoms with van der Waals surface area (Å²) in [5.74, 6) is 0.0407. The summed E-state index contributed by atoms with van der Waals surface area (Å²) >= 11 is 0. The van der Waals surface area contributed by atoms with Crippen LogP contribution in [0.4, 0.5) is 8.78 Å². The molecule has 1 aromatic carbocycles. The highest BCUT2D eigenvalue weighted by Gasteiger charge is 2.18. The number of benzene rings is 1. The van der Waals surface area contributed by atoms with Gasteiger partial charge in [0.05, 0.1) is 16.9 Å². The number of rotatable bonds is 5. The smallest absolute Gasteiger partial charge is 0.272 e. The number of carbonyl (C=O) groups excluding carboxylic acids is 1. The van der Waals surface area contributed by atoms with Crippen molar-refractivity contribution in [2.45, 2.75) is 13.3 Å². The van der Waals surface area contributed by atoms with E-state index in [1.54, 1.807) is 31.2 Å². The van der Waals surface area contributed by atoms with Crippen molar-refractivity contribution in [1.82, 2.24) is 9.78 Å². The molecule has 0 radical (unpaired) electrons. The Morgan fingerprint density at radius 3 is 2.63 bits per heavy atom. The number of ether oxygens (including phenoxy) is 1. The van der Waals surface area contributed by atoms with Crippen molar-refractivity contribution < 1.29 is 18.3 Å². The zero-order valence-electron chi connectivity index (χ0n) is 10.2. The molecule has 0 saturated heterocycles. The molecule has 0 aliphatic heterocycles. The number of halogens is 2. The highest BCUT2D eigenvalue weighted by atomic mass is 19.3. The second-order valence-electron chi connectivity index (χ2n) is 3.87. The first-order valence-electron chi connectivity index (χ1n) is 5.64. The van der Waals surface area contributed by atoms with Crippen molar-refractivity contribution in [3.8, 4) is 11.6 Å². The molecule has 100 valence electrons. The number of nitrogens with zero attached hydrogens (tertiary/aromatic N) is 2. The molecule has 0 fully saturated rings. The van der Waals surface area contributed by atoms with Gasteiger partial charge in [0.25, 0.3) is 6.43 Å². The number of carbonyl (C=O) groups is 1. The largest absolute Gasteiger partial charge is 0.471 e. The Morgan fingerprint density at radius 2 is 2.05 bits per heavy atom. The molecule has 0 unspecified atom stereocenters. The van der Waals surface area contributed by atoms with E-state index in [2.05, 4.69) is 5.10 Å². The Morgan fingerprint density at radius 1 is 1.37 bits per heavy atom. The molecule has 0 saturated carbocycles. The lowest BCUT2D eigenvalue weighted by atomic mass is 10.3. The third-order valence-electron chi connectivity index (χ3n) is 2.53. The molecule has 2 rings (SSSR count). The summed E-state index contributed by atoms with van der Waals surface area (Å²) in [6, 6.07) is 8.88. The van der Waals surface area contributed by atoms with Crippen molar-refractivity contribution in [3.05, 3.63) is 41.6 Å². The van der Waals surface area contributed by atoms with Crippen LogP contribution in [-0.4, -0.2) is 29.1 Å². The van der Waals surface area contributed by atoms with E-state index >= 15 is 0 Å². The zero-order valence-corrected chi connectivity index (χ0v) is 10.2. The zero-order chi connectivity index (χ0) is 13.8. The molecule has 0 aliphatic rings. The van der Waals surface area contributed by atoms with Crippen molar-refractivity contribution in [2.24, 2.45) is 0 Å². The lowest BCUT2D eigenvalue weighted by Crippen LogP contribution is -2.11. The predicted octanol–water partition coefficient (Wildman–Crippen LogP) is 2.64. The van der Waals surface area contributed by atoms with Crippen LogP contribution in [0.25, 0.3) is 5.69 Å². The normalized spacial score (nSPS) is 10.7. The minimum Gasteiger partial charge on any atom is -0.471 e. The van der Waals surface area contributed by atoms with E-state index in [4.69, 9.17) is 4.74 Å². The van der Waals surface area contributed by atoms with Gasteiger partial charge in [0.2, 0.25) is 5.88 Å². The van der Waals surface area contributed by atoms with Gasteiger partial charge in [-0.05, 0) is 19.1 Å². The maximum absolute atomic E-state index is 12.3. The van der Waals surface area contributed by atoms with Crippen LogP contribution in [0.1, 0.15) is 16.1 Å². The van der Waals surface area contributed by atoms with E-state index in [1.807, 2.05) is 6.07 Å². The van der Waals surface area contributed by atoms with Crippen LogP contribution >= 0.6 is 0 Å². The van der Waals surface area contributed by atoms with E-state index in [1.165, 1.54) is 4.68 Å². The fourth-order valence-corrected chi connectivity index (χ4v) is 1.68. The predicted molar refractivity (Wildman–Crippen MR) is 65.2 cm³/mol. The molecule has 0 spiro atoms. The van der Waals surface area contributed by atoms with Gasteiger partial charge in [-0.3, -0.25) is 4.79 Å². The second kappa shape index (κ2) is 5.60. The summed E-state index contributed by atoms with van der Waals surface area (Å²) in [7, 11) is 0. The fourth-order valence-electron chi connectivity index (χ4n) is 1.68. The first kappa shape index (κ1) is 13.2. The maximum atomic E-state index is 12.3. The van der Waals surface area contributed by atoms with Crippen LogP contribution in [-0.2, 0) is 0 Å². The van der Waals surface area contributed by atoms with Gasteiger partial charge >= 0.3 is 0 Å². The number of alkyl halides is 2. The highest BCUT2D eigenvalue weighted by molar-refractivity contribution is 5.80. The maximum Gasteiger partial charge on any atom is 0.272 e. The summed E-state index contributed by atoms with van der Waals surface area (Å²) in [6.45, 7) is 0.844. The lowest BCUT2D eigenvalue weighted by molar-refractivity contribution is 0.0773. The monoisotopic (exact) mass is 266 g/mol. The molecular formula is C13H12F2N2O2. The first-order valence-corrected chi connectivity index (χ1v) is 5.64. The number of hydrogen-bond donors (Lipinski definition) is 0. The van der Waals surface area contributed by atoms with Crippen LogP contribution in [0.5, 0.6) is 5.88 Å². The van der Waals surface area contributed by atoms with E-state index in [0.717, 1.165) is 0 Å². The van der Waals surface area contributed by atoms with Gasteiger partial charge in [0.1, 0.15) is 0 Å². The van der Waals surface area contributed by atoms with Gasteiger partial charge in [-0.1, -0.05) is 18.2 Å². The van der Waals surface area contributed by atoms with Crippen molar-refractivity contribution in [3.63, 3.8) is 0 Å². The molecule has 19 heavy (non-hydrogen) atoms. The summed E-state index contributed by atoms with van der Waals surface area (Å²) in [4.78, 5) is 11.0. The molecule has 2 aromatic rings. The summed E-state index contributed by atoms with van der Waals surface area (Å²) in [5.41, 5.74) is 1.26. The number of aromatic nitrogens is 2. The molecule has 4 nitrogen and oxygen atoms in total. The summed E-state index contributed by atoms with van der Waals surface area (Å²) in [5, 5.41) is 4.15. The molecule has 0 aliphatic carbocycles. The molecule has 1 heterocycles. The minimum absolute atomic E-state index is 0.0407. The van der Waals surface area contributed by atoms with Crippen molar-refractivity contribution in [1.29, 1.82) is 0 Å². The van der Waals surface area contributed by atoms with Gasteiger partial charge in [0, 0.05) is 0 Å². The minimum atomic E-state index is -2.61. The highest BCUT2D eigenvalue weighted by Crippen LogP contribution is 2.24. The van der Waals surface area contributed by atoms with Crippen LogP contribution in [0, 0.1) is 6.92 Å². The second-order valence-corrected chi connectivity index (χ2v) is 3.87. The van der Waals surface area contributed by atoms with E-state index in [-0.39, 0.29) is 11.4 Å². The quantitative estimate of drug-likeness (QED) is 0.781. The fraction of sp³-hybridized carbons (Fsp3) is 0.231. The van der Waals surface area contributed by atoms with Gasteiger partial charge in [-0.25, -0.2) is 13.5 Å². The number of para-hydroxylation sites is 1. The standard InChI is InChI=1S/C13H12F2N2O2/c1-9-11(7-18)13(19-8-12(14)15)17(16-9)10-5-3-2-4-6-10/h2-7,12H,8H2,1H3. The van der Waals surface area contributed by atoms with E-state index < -0.39 is 13.0 Å². The third kappa shape index (κ3) is 2.78. The molecule has 1 aromatic heterocycles. The summed E-state index contributed by atoms with van der Waals surface area (Å²) < 4.78 is 30.9. The van der Waals surface area contributed by atoms with E-state index in [9.17, 15) is 13.6 Å². The van der Waals surface area contributed by atoms with Gasteiger partial charge in [0.15, 0.2) is 12.9 Å². The van der Waals surface area contributed by atoms with Gasteiger partial charge in [-0.2, -0.15) is 5.10 Å². The molecule has 0 bridgehead atoms. The number of hydrogen-bond acceptors (Lipinski definition) is 3. The molecule has 0 amide bonds. The van der Waals surface area contributed by atoms with Crippen LogP contribution in [0.15, 0.2) is 30.3 Å². The van der Waals surface area contributed by atoms with Crippen LogP contribution in [0.3, 0.4) is 0 Å². The summed E-state index contributed by atoms with van der Waals surface area (Å²) in [6.07, 6.45) is -2.05. The Balaban J connectivity index is 2.45. The first-order chi connectivity index (χ1) is 9.13. The van der Waals surface area contributed by atoms with Gasteiger partial charge in [-0.15, -0.1) is 0 Å². The molecule has 0 N–H and O–H groups in total. The molecule has 6 heteroatoms. The van der Waals surface area contributed by atoms with E-state index in [0.29, 0.717) is 17.7 Å². The number of aryl methyl sites for hydroxylation is 1. The topological polar surface area (TPSA) is 44.1 Å². The molecule has 0 atom stereocenters. The Labute approximate surface area is 108 Å². The number of aldehydes is 1. The van der Waals surface area contributed by atoms with Crippen molar-refractivity contribution in [2.75, 3.05) is 6.61 Å². The van der Waals surface area contributed by atoms with Crippen molar-refractivity contribution >= 4 is 6.29 Å². The van der Waals surface area contributed by atoms with Crippen LogP contribution < -0.4 is 4.74 Å².